The molecule has 0 N–H and O–H groups in total. The molecule has 1 saturated carbocycles. The van der Waals surface area contributed by atoms with Crippen LogP contribution in [0.4, 0.5) is 5.69 Å². The highest BCUT2D eigenvalue weighted by atomic mass is 79.9. The van der Waals surface area contributed by atoms with Crippen LogP contribution in [0.5, 0.6) is 0 Å². The molecule has 1 aliphatic heterocycles. The molecule has 0 bridgehead atoms. The van der Waals surface area contributed by atoms with E-state index in [2.05, 4.69) is 33.0 Å². The second-order valence-corrected chi connectivity index (χ2v) is 10.8. The number of halogens is 1. The largest absolute Gasteiger partial charge is 0.465 e. The maximum absolute atomic E-state index is 11.6. The number of aromatic nitrogens is 1. The first kappa shape index (κ1) is 20.7. The van der Waals surface area contributed by atoms with Crippen LogP contribution >= 0.6 is 63.5 Å². The lowest BCUT2D eigenvalue weighted by Crippen LogP contribution is -2.28. The van der Waals surface area contributed by atoms with E-state index >= 15 is 0 Å². The van der Waals surface area contributed by atoms with Gasteiger partial charge in [0, 0.05) is 16.3 Å². The van der Waals surface area contributed by atoms with E-state index in [1.807, 2.05) is 6.92 Å². The maximum atomic E-state index is 11.6. The number of thiocarbonyl (C=S) groups is 2. The molecule has 2 fully saturated rings. The second kappa shape index (κ2) is 8.63. The highest BCUT2D eigenvalue weighted by Gasteiger charge is 2.44. The lowest BCUT2D eigenvalue weighted by molar-refractivity contribution is -0.139. The van der Waals surface area contributed by atoms with Gasteiger partial charge in [0.25, 0.3) is 0 Å². The molecule has 1 aromatic carbocycles. The van der Waals surface area contributed by atoms with Crippen LogP contribution in [0.25, 0.3) is 10.2 Å². The van der Waals surface area contributed by atoms with Gasteiger partial charge < -0.3 is 4.74 Å². The lowest BCUT2D eigenvalue weighted by Gasteiger charge is -2.22. The monoisotopic (exact) mass is 514 g/mol. The Bertz CT molecular complexity index is 937. The average Bonchev–Trinajstić information content (AvgIpc) is 3.18. The van der Waals surface area contributed by atoms with Crippen molar-refractivity contribution in [3.8, 4) is 0 Å². The Kier molecular flexibility index (Phi) is 6.37. The van der Waals surface area contributed by atoms with Gasteiger partial charge in [-0.05, 0) is 47.8 Å². The van der Waals surface area contributed by atoms with Crippen molar-refractivity contribution >= 4 is 95.3 Å². The summed E-state index contributed by atoms with van der Waals surface area (Å²) in [7, 11) is 0. The smallest absolute Gasteiger partial charge is 0.316 e. The number of rotatable bonds is 5. The number of thiazole rings is 1. The quantitative estimate of drug-likeness (QED) is 0.275. The first-order valence-corrected chi connectivity index (χ1v) is 12.7. The van der Waals surface area contributed by atoms with E-state index in [1.54, 1.807) is 11.3 Å². The molecule has 9 heteroatoms. The molecule has 2 unspecified atom stereocenters. The van der Waals surface area contributed by atoms with Gasteiger partial charge in [-0.2, -0.15) is 0 Å². The fourth-order valence-electron chi connectivity index (χ4n) is 3.87. The maximum Gasteiger partial charge on any atom is 0.316 e. The van der Waals surface area contributed by atoms with Crippen molar-refractivity contribution in [3.63, 3.8) is 0 Å². The highest BCUT2D eigenvalue weighted by molar-refractivity contribution is 9.10. The number of benzene rings is 1. The number of hydrogen-bond donors (Lipinski definition) is 0. The Hall–Kier alpha value is -0.610. The summed E-state index contributed by atoms with van der Waals surface area (Å²) in [5, 5.41) is 0. The molecule has 0 spiro atoms. The molecule has 1 aliphatic carbocycles. The van der Waals surface area contributed by atoms with Gasteiger partial charge in [-0.25, -0.2) is 4.98 Å². The van der Waals surface area contributed by atoms with Crippen LogP contribution < -0.4 is 4.90 Å². The van der Waals surface area contributed by atoms with Gasteiger partial charge in [-0.1, -0.05) is 49.0 Å². The summed E-state index contributed by atoms with van der Waals surface area (Å²) < 4.78 is 7.87. The highest BCUT2D eigenvalue weighted by Crippen LogP contribution is 2.45. The molecule has 2 heterocycles. The number of carbonyl (C=O) groups is 1. The Morgan fingerprint density at radius 3 is 2.64 bits per heavy atom. The van der Waals surface area contributed by atoms with Gasteiger partial charge in [0.05, 0.1) is 38.2 Å². The molecule has 4 rings (SSSR count). The van der Waals surface area contributed by atoms with Crippen LogP contribution in [-0.4, -0.2) is 33.3 Å². The Morgan fingerprint density at radius 1 is 1.32 bits per heavy atom. The zero-order valence-corrected chi connectivity index (χ0v) is 20.1. The van der Waals surface area contributed by atoms with Crippen molar-refractivity contribution in [2.24, 2.45) is 11.8 Å². The number of thioether (sulfide) groups is 1. The summed E-state index contributed by atoms with van der Waals surface area (Å²) in [6.07, 6.45) is 4.72. The third kappa shape index (κ3) is 3.88. The second-order valence-electron chi connectivity index (χ2n) is 6.85. The number of fused-ring (bicyclic) bond motifs is 2. The Balaban J connectivity index is 1.61. The van der Waals surface area contributed by atoms with E-state index in [1.165, 1.54) is 24.6 Å². The number of anilines is 1. The third-order valence-corrected chi connectivity index (χ3v) is 8.88. The fraction of sp³-hybridized carbons (Fsp3) is 0.474. The molecule has 1 aromatic heterocycles. The Labute approximate surface area is 191 Å². The van der Waals surface area contributed by atoms with Crippen LogP contribution in [-0.2, 0) is 9.53 Å². The zero-order chi connectivity index (χ0) is 19.8. The first-order chi connectivity index (χ1) is 13.5. The van der Waals surface area contributed by atoms with Crippen LogP contribution in [0.1, 0.15) is 32.6 Å². The van der Waals surface area contributed by atoms with Crippen molar-refractivity contribution in [3.05, 3.63) is 16.6 Å². The number of esters is 1. The minimum atomic E-state index is -0.219. The first-order valence-electron chi connectivity index (χ1n) is 9.26. The van der Waals surface area contributed by atoms with E-state index < -0.39 is 0 Å². The van der Waals surface area contributed by atoms with E-state index in [-0.39, 0.29) is 11.7 Å². The molecule has 0 amide bonds. The summed E-state index contributed by atoms with van der Waals surface area (Å²) in [5.41, 5.74) is 1.87. The van der Waals surface area contributed by atoms with Crippen molar-refractivity contribution in [1.82, 2.24) is 4.98 Å². The molecule has 2 atom stereocenters. The van der Waals surface area contributed by atoms with E-state index in [0.29, 0.717) is 18.4 Å². The molecule has 1 saturated heterocycles. The van der Waals surface area contributed by atoms with Gasteiger partial charge >= 0.3 is 5.97 Å². The molecular formula is C19H19BrN2O2S4. The number of ether oxygens (including phenoxy) is 1. The predicted molar refractivity (Wildman–Crippen MR) is 128 cm³/mol. The van der Waals surface area contributed by atoms with Crippen molar-refractivity contribution in [2.45, 2.75) is 36.9 Å². The number of hydrogen-bond acceptors (Lipinski definition) is 7. The van der Waals surface area contributed by atoms with Gasteiger partial charge in [0.15, 0.2) is 4.34 Å². The normalized spacial score (nSPS) is 22.0. The molecule has 2 aromatic rings. The Morgan fingerprint density at radius 2 is 2.00 bits per heavy atom. The number of carbonyl (C=O) groups excluding carboxylic acids is 1. The summed E-state index contributed by atoms with van der Waals surface area (Å²) in [6.45, 7) is 2.20. The molecule has 28 heavy (non-hydrogen) atoms. The third-order valence-electron chi connectivity index (χ3n) is 5.14. The number of nitrogens with zero attached hydrogens (tertiary/aromatic N) is 2. The zero-order valence-electron chi connectivity index (χ0n) is 15.3. The molecule has 148 valence electrons. The minimum Gasteiger partial charge on any atom is -0.465 e. The predicted octanol–water partition coefficient (Wildman–Crippen LogP) is 6.00. The van der Waals surface area contributed by atoms with Crippen LogP contribution in [0.2, 0.25) is 0 Å². The topological polar surface area (TPSA) is 42.4 Å². The van der Waals surface area contributed by atoms with Gasteiger partial charge in [-0.15, -0.1) is 11.3 Å². The SMILES string of the molecule is CCOC(=O)CSc1nc2cc(N3C(=S)C4CCCCC4C3=S)c(Br)cc2s1. The van der Waals surface area contributed by atoms with Crippen LogP contribution in [0.15, 0.2) is 20.9 Å². The van der Waals surface area contributed by atoms with Gasteiger partial charge in [0.2, 0.25) is 0 Å². The van der Waals surface area contributed by atoms with Crippen LogP contribution in [0.3, 0.4) is 0 Å². The van der Waals surface area contributed by atoms with Gasteiger partial charge in [-0.3, -0.25) is 9.69 Å². The average molecular weight is 516 g/mol. The summed E-state index contributed by atoms with van der Waals surface area (Å²) in [5.74, 6) is 0.838. The van der Waals surface area contributed by atoms with Crippen molar-refractivity contribution in [1.29, 1.82) is 0 Å². The summed E-state index contributed by atoms with van der Waals surface area (Å²) >= 11 is 18.3. The standard InChI is InChI=1S/C19H19BrN2O2S4/c1-2-24-16(23)9-27-19-21-13-8-14(12(20)7-15(13)28-19)22-17(25)10-5-3-4-6-11(10)18(22)26/h7-8,10-11H,2-6,9H2,1H3. The molecule has 0 radical (unpaired) electrons. The van der Waals surface area contributed by atoms with Crippen molar-refractivity contribution in [2.75, 3.05) is 17.3 Å². The van der Waals surface area contributed by atoms with Crippen LogP contribution in [0, 0.1) is 11.8 Å². The minimum absolute atomic E-state index is 0.219. The van der Waals surface area contributed by atoms with E-state index in [4.69, 9.17) is 34.2 Å². The molecule has 4 nitrogen and oxygen atoms in total. The fourth-order valence-corrected chi connectivity index (χ4v) is 7.45. The molecule has 2 aliphatic rings. The molecular weight excluding hydrogens is 496 g/mol. The van der Waals surface area contributed by atoms with Gasteiger partial charge in [0.1, 0.15) is 0 Å². The van der Waals surface area contributed by atoms with Crippen molar-refractivity contribution < 1.29 is 9.53 Å². The summed E-state index contributed by atoms with van der Waals surface area (Å²) in [6, 6.07) is 4.13. The lowest BCUT2D eigenvalue weighted by atomic mass is 9.82. The van der Waals surface area contributed by atoms with E-state index in [9.17, 15) is 4.79 Å². The summed E-state index contributed by atoms with van der Waals surface area (Å²) in [4.78, 5) is 20.3. The van der Waals surface area contributed by atoms with E-state index in [0.717, 1.165) is 47.5 Å².